The monoisotopic (exact) mass is 409 g/mol. The molecule has 1 amide bonds. The summed E-state index contributed by atoms with van der Waals surface area (Å²) >= 11 is 0. The molecule has 152 valence electrons. The molecule has 1 aliphatic heterocycles. The first-order valence-electron chi connectivity index (χ1n) is 9.90. The second kappa shape index (κ2) is 7.54. The molecule has 1 aromatic heterocycles. The number of nitrogens with one attached hydrogen (secondary N) is 1. The zero-order chi connectivity index (χ0) is 21.4. The van der Waals surface area contributed by atoms with Gasteiger partial charge in [0.25, 0.3) is 5.91 Å². The van der Waals surface area contributed by atoms with Crippen LogP contribution in [0.5, 0.6) is 11.5 Å². The van der Waals surface area contributed by atoms with Crippen molar-refractivity contribution in [1.29, 1.82) is 5.26 Å². The molecule has 0 spiro atoms. The molecule has 31 heavy (non-hydrogen) atoms. The molecule has 1 aliphatic rings. The number of benzene rings is 3. The van der Waals surface area contributed by atoms with Crippen molar-refractivity contribution >= 4 is 33.8 Å². The van der Waals surface area contributed by atoms with E-state index in [1.54, 1.807) is 6.08 Å². The number of carbonyl (C=O) groups is 1. The smallest absolute Gasteiger partial charge is 0.262 e. The Morgan fingerprint density at radius 2 is 1.87 bits per heavy atom. The summed E-state index contributed by atoms with van der Waals surface area (Å²) in [5.74, 6) is 0.931. The number of hydrogen-bond donors (Lipinski definition) is 1. The third-order valence-corrected chi connectivity index (χ3v) is 5.50. The molecule has 0 saturated heterocycles. The number of amides is 1. The van der Waals surface area contributed by atoms with Crippen molar-refractivity contribution < 1.29 is 14.3 Å². The number of para-hydroxylation sites is 1. The molecule has 0 unspecified atom stereocenters. The van der Waals surface area contributed by atoms with Crippen LogP contribution < -0.4 is 14.8 Å². The van der Waals surface area contributed by atoms with E-state index in [1.807, 2.05) is 61.6 Å². The Morgan fingerprint density at radius 1 is 1.06 bits per heavy atom. The van der Waals surface area contributed by atoms with E-state index < -0.39 is 5.91 Å². The Labute approximate surface area is 178 Å². The largest absolute Gasteiger partial charge is 0.454 e. The highest BCUT2D eigenvalue weighted by molar-refractivity contribution is 6.09. The van der Waals surface area contributed by atoms with Crippen molar-refractivity contribution in [1.82, 2.24) is 9.88 Å². The molecule has 1 N–H and O–H groups in total. The van der Waals surface area contributed by atoms with E-state index >= 15 is 0 Å². The van der Waals surface area contributed by atoms with Gasteiger partial charge >= 0.3 is 0 Å². The van der Waals surface area contributed by atoms with E-state index in [2.05, 4.69) is 22.0 Å². The average Bonchev–Trinajstić information content (AvgIpc) is 3.38. The summed E-state index contributed by atoms with van der Waals surface area (Å²) in [6.45, 7) is 0.490. The molecular formula is C25H19N3O3. The topological polar surface area (TPSA) is 76.3 Å². The van der Waals surface area contributed by atoms with Crippen molar-refractivity contribution in [3.63, 3.8) is 0 Å². The van der Waals surface area contributed by atoms with Gasteiger partial charge in [0.1, 0.15) is 11.6 Å². The van der Waals surface area contributed by atoms with Gasteiger partial charge in [-0.05, 0) is 47.5 Å². The number of hydrogen-bond acceptors (Lipinski definition) is 4. The standard InChI is InChI=1S/C25H19N3O3/c1-28-21-5-3-2-4-19(21)20-11-16(6-8-22(20)28)10-18(13-26)25(29)27-14-17-7-9-23-24(12-17)31-15-30-23/h2-12H,14-15H2,1H3,(H,27,29). The fourth-order valence-electron chi connectivity index (χ4n) is 3.92. The zero-order valence-corrected chi connectivity index (χ0v) is 16.9. The molecule has 0 fully saturated rings. The first-order chi connectivity index (χ1) is 15.1. The second-order valence-corrected chi connectivity index (χ2v) is 7.39. The van der Waals surface area contributed by atoms with E-state index in [-0.39, 0.29) is 18.9 Å². The molecule has 3 aromatic carbocycles. The van der Waals surface area contributed by atoms with E-state index in [1.165, 1.54) is 0 Å². The third-order valence-electron chi connectivity index (χ3n) is 5.50. The van der Waals surface area contributed by atoms with Gasteiger partial charge in [0.15, 0.2) is 11.5 Å². The maximum absolute atomic E-state index is 12.6. The Hall–Kier alpha value is -4.24. The minimum Gasteiger partial charge on any atom is -0.454 e. The molecule has 6 nitrogen and oxygen atoms in total. The molecule has 5 rings (SSSR count). The van der Waals surface area contributed by atoms with E-state index in [9.17, 15) is 10.1 Å². The van der Waals surface area contributed by atoms with Crippen molar-refractivity contribution in [2.45, 2.75) is 6.54 Å². The van der Waals surface area contributed by atoms with Gasteiger partial charge in [-0.15, -0.1) is 0 Å². The van der Waals surface area contributed by atoms with Crippen LogP contribution in [0.25, 0.3) is 27.9 Å². The Morgan fingerprint density at radius 3 is 2.74 bits per heavy atom. The summed E-state index contributed by atoms with van der Waals surface area (Å²) in [6, 6.07) is 21.6. The highest BCUT2D eigenvalue weighted by Gasteiger charge is 2.15. The van der Waals surface area contributed by atoms with Crippen LogP contribution in [-0.2, 0) is 18.4 Å². The Balaban J connectivity index is 1.39. The van der Waals surface area contributed by atoms with Crippen LogP contribution in [0, 0.1) is 11.3 Å². The normalized spacial score (nSPS) is 12.8. The number of nitrogens with zero attached hydrogens (tertiary/aromatic N) is 2. The predicted molar refractivity (Wildman–Crippen MR) is 118 cm³/mol. The third kappa shape index (κ3) is 3.36. The molecule has 0 radical (unpaired) electrons. The van der Waals surface area contributed by atoms with Crippen LogP contribution in [0.3, 0.4) is 0 Å². The Bertz CT molecular complexity index is 1410. The number of fused-ring (bicyclic) bond motifs is 4. The van der Waals surface area contributed by atoms with Crippen LogP contribution in [0.1, 0.15) is 11.1 Å². The molecule has 0 aliphatic carbocycles. The van der Waals surface area contributed by atoms with Gasteiger partial charge in [0.2, 0.25) is 6.79 Å². The molecule has 6 heteroatoms. The van der Waals surface area contributed by atoms with Crippen LogP contribution in [0.15, 0.2) is 66.2 Å². The number of rotatable bonds is 4. The van der Waals surface area contributed by atoms with Crippen LogP contribution in [0.2, 0.25) is 0 Å². The average molecular weight is 409 g/mol. The van der Waals surface area contributed by atoms with Gasteiger partial charge in [-0.2, -0.15) is 5.26 Å². The van der Waals surface area contributed by atoms with Gasteiger partial charge in [-0.1, -0.05) is 30.3 Å². The van der Waals surface area contributed by atoms with E-state index in [0.717, 1.165) is 32.9 Å². The van der Waals surface area contributed by atoms with Crippen LogP contribution in [-0.4, -0.2) is 17.3 Å². The lowest BCUT2D eigenvalue weighted by Gasteiger charge is -2.06. The summed E-state index contributed by atoms with van der Waals surface area (Å²) in [6.07, 6.45) is 1.62. The summed E-state index contributed by atoms with van der Waals surface area (Å²) in [5, 5.41) is 14.6. The molecule has 0 atom stereocenters. The van der Waals surface area contributed by atoms with E-state index in [4.69, 9.17) is 9.47 Å². The molecule has 0 bridgehead atoms. The molecule has 4 aromatic rings. The predicted octanol–water partition coefficient (Wildman–Crippen LogP) is 4.28. The van der Waals surface area contributed by atoms with E-state index in [0.29, 0.717) is 11.5 Å². The van der Waals surface area contributed by atoms with Crippen molar-refractivity contribution in [2.75, 3.05) is 6.79 Å². The summed E-state index contributed by atoms with van der Waals surface area (Å²) in [5.41, 5.74) is 3.97. The summed E-state index contributed by atoms with van der Waals surface area (Å²) in [7, 11) is 2.03. The second-order valence-electron chi connectivity index (χ2n) is 7.39. The molecule has 2 heterocycles. The van der Waals surface area contributed by atoms with Gasteiger partial charge in [0, 0.05) is 35.4 Å². The Kier molecular flexibility index (Phi) is 4.57. The van der Waals surface area contributed by atoms with Crippen molar-refractivity contribution in [3.05, 3.63) is 77.4 Å². The number of carbonyl (C=O) groups excluding carboxylic acids is 1. The van der Waals surface area contributed by atoms with Crippen molar-refractivity contribution in [3.8, 4) is 17.6 Å². The minimum absolute atomic E-state index is 0.0559. The number of aromatic nitrogens is 1. The highest BCUT2D eigenvalue weighted by Crippen LogP contribution is 2.32. The minimum atomic E-state index is -0.418. The molecular weight excluding hydrogens is 390 g/mol. The first kappa shape index (κ1) is 18.8. The van der Waals surface area contributed by atoms with Crippen LogP contribution in [0.4, 0.5) is 0 Å². The molecule has 0 saturated carbocycles. The van der Waals surface area contributed by atoms with Crippen molar-refractivity contribution in [2.24, 2.45) is 7.05 Å². The quantitative estimate of drug-likeness (QED) is 0.403. The fraction of sp³-hybridized carbons (Fsp3) is 0.120. The van der Waals surface area contributed by atoms with Gasteiger partial charge < -0.3 is 19.4 Å². The SMILES string of the molecule is Cn1c2ccccc2c2cc(C=C(C#N)C(=O)NCc3ccc4c(c3)OCO4)ccc21. The number of nitriles is 1. The number of ether oxygens (including phenoxy) is 2. The fourth-order valence-corrected chi connectivity index (χ4v) is 3.92. The van der Waals surface area contributed by atoms with Gasteiger partial charge in [0.05, 0.1) is 0 Å². The lowest BCUT2D eigenvalue weighted by atomic mass is 10.1. The maximum Gasteiger partial charge on any atom is 0.262 e. The lowest BCUT2D eigenvalue weighted by Crippen LogP contribution is -2.23. The summed E-state index contributed by atoms with van der Waals surface area (Å²) < 4.78 is 12.8. The summed E-state index contributed by atoms with van der Waals surface area (Å²) in [4.78, 5) is 12.6. The van der Waals surface area contributed by atoms with Crippen LogP contribution >= 0.6 is 0 Å². The lowest BCUT2D eigenvalue weighted by molar-refractivity contribution is -0.117. The van der Waals surface area contributed by atoms with Gasteiger partial charge in [-0.3, -0.25) is 4.79 Å². The zero-order valence-electron chi connectivity index (χ0n) is 16.9. The highest BCUT2D eigenvalue weighted by atomic mass is 16.7. The number of aryl methyl sites for hydroxylation is 1. The maximum atomic E-state index is 12.6. The van der Waals surface area contributed by atoms with Gasteiger partial charge in [-0.25, -0.2) is 0 Å². The first-order valence-corrected chi connectivity index (χ1v) is 9.90.